The van der Waals surface area contributed by atoms with E-state index < -0.39 is 12.1 Å². The first kappa shape index (κ1) is 25.1. The molecule has 7 nitrogen and oxygen atoms in total. The van der Waals surface area contributed by atoms with Gasteiger partial charge in [-0.15, -0.1) is 0 Å². The predicted molar refractivity (Wildman–Crippen MR) is 130 cm³/mol. The average molecular weight is 484 g/mol. The van der Waals surface area contributed by atoms with E-state index in [1.165, 1.54) is 7.11 Å². The van der Waals surface area contributed by atoms with Crippen LogP contribution in [-0.2, 0) is 16.0 Å². The van der Waals surface area contributed by atoms with E-state index in [9.17, 15) is 9.59 Å². The maximum Gasteiger partial charge on any atom is 0.333 e. The molecule has 3 aromatic carbocycles. The van der Waals surface area contributed by atoms with Crippen molar-refractivity contribution in [3.05, 3.63) is 88.9 Å². The maximum atomic E-state index is 12.2. The third-order valence-corrected chi connectivity index (χ3v) is 5.20. The lowest BCUT2D eigenvalue weighted by molar-refractivity contribution is -0.148. The van der Waals surface area contributed by atoms with E-state index in [0.717, 1.165) is 5.56 Å². The van der Waals surface area contributed by atoms with E-state index in [-0.39, 0.29) is 5.91 Å². The molecule has 3 aromatic rings. The summed E-state index contributed by atoms with van der Waals surface area (Å²) in [5, 5.41) is 12.5. The standard InChI is InChI=1S/C26H26ClNO6/c1-32-24(26(30)31)17-18-3-11-22(12-4-18)33-15-2-16-34-23-13-9-21(10-14-23)28-25(29)19-5-7-20(27)8-6-19/h3-14,24H,2,15-17H2,1H3,(H,28,29)(H,30,31)/t24-/m0/s1. The van der Waals surface area contributed by atoms with Crippen LogP contribution in [0.4, 0.5) is 5.69 Å². The zero-order chi connectivity index (χ0) is 24.3. The molecule has 0 heterocycles. The van der Waals surface area contributed by atoms with E-state index >= 15 is 0 Å². The fraction of sp³-hybridized carbons (Fsp3) is 0.231. The second kappa shape index (κ2) is 12.6. The van der Waals surface area contributed by atoms with Crippen molar-refractivity contribution in [3.63, 3.8) is 0 Å². The van der Waals surface area contributed by atoms with Crippen molar-refractivity contribution in [1.82, 2.24) is 0 Å². The molecule has 178 valence electrons. The number of benzene rings is 3. The molecule has 2 N–H and O–H groups in total. The number of rotatable bonds is 12. The van der Waals surface area contributed by atoms with E-state index in [1.54, 1.807) is 48.5 Å². The van der Waals surface area contributed by atoms with Crippen molar-refractivity contribution in [2.45, 2.75) is 18.9 Å². The van der Waals surface area contributed by atoms with Crippen molar-refractivity contribution in [1.29, 1.82) is 0 Å². The van der Waals surface area contributed by atoms with Crippen LogP contribution in [0.3, 0.4) is 0 Å². The van der Waals surface area contributed by atoms with Crippen molar-refractivity contribution >= 4 is 29.2 Å². The number of methoxy groups -OCH3 is 1. The molecule has 0 unspecified atom stereocenters. The number of carboxylic acid groups (broad SMARTS) is 1. The molecule has 1 atom stereocenters. The van der Waals surface area contributed by atoms with Crippen molar-refractivity contribution < 1.29 is 28.9 Å². The molecule has 0 aliphatic heterocycles. The summed E-state index contributed by atoms with van der Waals surface area (Å²) >= 11 is 5.85. The Morgan fingerprint density at radius 3 is 1.97 bits per heavy atom. The number of hydrogen-bond acceptors (Lipinski definition) is 5. The first-order chi connectivity index (χ1) is 16.4. The van der Waals surface area contributed by atoms with Crippen LogP contribution in [-0.4, -0.2) is 43.4 Å². The second-order valence-electron chi connectivity index (χ2n) is 7.45. The smallest absolute Gasteiger partial charge is 0.333 e. The number of aliphatic carboxylic acids is 1. The molecule has 0 aliphatic rings. The number of nitrogens with one attached hydrogen (secondary N) is 1. The van der Waals surface area contributed by atoms with E-state index in [4.69, 9.17) is 30.9 Å². The molecule has 8 heteroatoms. The fourth-order valence-electron chi connectivity index (χ4n) is 3.09. The molecule has 0 saturated carbocycles. The Morgan fingerprint density at radius 2 is 1.44 bits per heavy atom. The SMILES string of the molecule is CO[C@@H](Cc1ccc(OCCCOc2ccc(NC(=O)c3ccc(Cl)cc3)cc2)cc1)C(=O)O. The summed E-state index contributed by atoms with van der Waals surface area (Å²) in [5.74, 6) is 0.199. The van der Waals surface area contributed by atoms with Crippen molar-refractivity contribution in [2.75, 3.05) is 25.6 Å². The van der Waals surface area contributed by atoms with Crippen LogP contribution in [0.5, 0.6) is 11.5 Å². The lowest BCUT2D eigenvalue weighted by Crippen LogP contribution is -2.24. The zero-order valence-corrected chi connectivity index (χ0v) is 19.5. The molecule has 0 saturated heterocycles. The quantitative estimate of drug-likeness (QED) is 0.349. The highest BCUT2D eigenvalue weighted by atomic mass is 35.5. The van der Waals surface area contributed by atoms with Gasteiger partial charge in [0.2, 0.25) is 0 Å². The largest absolute Gasteiger partial charge is 0.493 e. The van der Waals surface area contributed by atoms with Crippen LogP contribution in [0.2, 0.25) is 5.02 Å². The lowest BCUT2D eigenvalue weighted by Gasteiger charge is -2.11. The topological polar surface area (TPSA) is 94.1 Å². The highest BCUT2D eigenvalue weighted by Crippen LogP contribution is 2.18. The van der Waals surface area contributed by atoms with Gasteiger partial charge in [0.05, 0.1) is 13.2 Å². The molecule has 1 amide bonds. The van der Waals surface area contributed by atoms with E-state index in [0.29, 0.717) is 53.8 Å². The predicted octanol–water partition coefficient (Wildman–Crippen LogP) is 5.08. The summed E-state index contributed by atoms with van der Waals surface area (Å²) in [6.07, 6.45) is 0.114. The summed E-state index contributed by atoms with van der Waals surface area (Å²) in [7, 11) is 1.38. The van der Waals surface area contributed by atoms with Crippen LogP contribution in [0.1, 0.15) is 22.3 Å². The Morgan fingerprint density at radius 1 is 0.882 bits per heavy atom. The number of carbonyl (C=O) groups is 2. The third kappa shape index (κ3) is 7.79. The molecule has 0 aromatic heterocycles. The number of halogens is 1. The Labute approximate surface area is 203 Å². The number of amides is 1. The molecular weight excluding hydrogens is 458 g/mol. The molecule has 3 rings (SSSR count). The fourth-order valence-corrected chi connectivity index (χ4v) is 3.21. The number of anilines is 1. The van der Waals surface area contributed by atoms with Crippen LogP contribution < -0.4 is 14.8 Å². The molecule has 0 bridgehead atoms. The first-order valence-corrected chi connectivity index (χ1v) is 11.1. The lowest BCUT2D eigenvalue weighted by atomic mass is 10.1. The third-order valence-electron chi connectivity index (χ3n) is 4.95. The highest BCUT2D eigenvalue weighted by Gasteiger charge is 2.16. The molecular formula is C26H26ClNO6. The van der Waals surface area contributed by atoms with Gasteiger partial charge in [-0.25, -0.2) is 4.79 Å². The molecule has 0 spiro atoms. The minimum absolute atomic E-state index is 0.212. The molecule has 34 heavy (non-hydrogen) atoms. The minimum atomic E-state index is -0.986. The van der Waals surface area contributed by atoms with Gasteiger partial charge in [0.15, 0.2) is 6.10 Å². The van der Waals surface area contributed by atoms with Gasteiger partial charge in [-0.05, 0) is 66.2 Å². The van der Waals surface area contributed by atoms with Gasteiger partial charge in [0, 0.05) is 36.2 Å². The molecule has 0 aliphatic carbocycles. The average Bonchev–Trinajstić information content (AvgIpc) is 2.84. The van der Waals surface area contributed by atoms with Crippen LogP contribution in [0.15, 0.2) is 72.8 Å². The van der Waals surface area contributed by atoms with Gasteiger partial charge in [-0.1, -0.05) is 23.7 Å². The maximum absolute atomic E-state index is 12.2. The Kier molecular flexibility index (Phi) is 9.31. The van der Waals surface area contributed by atoms with Crippen molar-refractivity contribution in [2.24, 2.45) is 0 Å². The highest BCUT2D eigenvalue weighted by molar-refractivity contribution is 6.30. The number of carbonyl (C=O) groups excluding carboxylic acids is 1. The minimum Gasteiger partial charge on any atom is -0.493 e. The number of ether oxygens (including phenoxy) is 3. The number of carboxylic acids is 1. The summed E-state index contributed by atoms with van der Waals surface area (Å²) in [4.78, 5) is 23.3. The zero-order valence-electron chi connectivity index (χ0n) is 18.7. The van der Waals surface area contributed by atoms with Gasteiger partial charge < -0.3 is 24.6 Å². The normalized spacial score (nSPS) is 11.5. The van der Waals surface area contributed by atoms with E-state index in [1.807, 2.05) is 24.3 Å². The Bertz CT molecular complexity index is 1070. The molecule has 0 radical (unpaired) electrons. The summed E-state index contributed by atoms with van der Waals surface area (Å²) < 4.78 is 16.4. The summed E-state index contributed by atoms with van der Waals surface area (Å²) in [6, 6.07) is 21.1. The van der Waals surface area contributed by atoms with Crippen LogP contribution >= 0.6 is 11.6 Å². The van der Waals surface area contributed by atoms with Gasteiger partial charge in [-0.3, -0.25) is 4.79 Å². The van der Waals surface area contributed by atoms with Crippen LogP contribution in [0, 0.1) is 0 Å². The first-order valence-electron chi connectivity index (χ1n) is 10.7. The van der Waals surface area contributed by atoms with Gasteiger partial charge in [0.25, 0.3) is 5.91 Å². The van der Waals surface area contributed by atoms with Gasteiger partial charge >= 0.3 is 5.97 Å². The van der Waals surface area contributed by atoms with Crippen LogP contribution in [0.25, 0.3) is 0 Å². The Balaban J connectivity index is 1.36. The molecule has 0 fully saturated rings. The monoisotopic (exact) mass is 483 g/mol. The second-order valence-corrected chi connectivity index (χ2v) is 7.88. The number of hydrogen-bond donors (Lipinski definition) is 2. The van der Waals surface area contributed by atoms with Gasteiger partial charge in [0.1, 0.15) is 11.5 Å². The van der Waals surface area contributed by atoms with Crippen molar-refractivity contribution in [3.8, 4) is 11.5 Å². The Hall–Kier alpha value is -3.55. The van der Waals surface area contributed by atoms with Gasteiger partial charge in [-0.2, -0.15) is 0 Å². The summed E-state index contributed by atoms with van der Waals surface area (Å²) in [6.45, 7) is 0.951. The van der Waals surface area contributed by atoms with E-state index in [2.05, 4.69) is 5.32 Å². The summed E-state index contributed by atoms with van der Waals surface area (Å²) in [5.41, 5.74) is 2.05.